The van der Waals surface area contributed by atoms with Crippen LogP contribution < -0.4 is 20.1 Å². The van der Waals surface area contributed by atoms with Gasteiger partial charge < -0.3 is 20.1 Å². The molecular formula is C24H21N3O6. The number of amides is 2. The number of anilines is 1. The van der Waals surface area contributed by atoms with Crippen LogP contribution in [0.15, 0.2) is 66.7 Å². The van der Waals surface area contributed by atoms with Crippen LogP contribution in [-0.4, -0.2) is 29.9 Å². The minimum absolute atomic E-state index is 0.00410. The molecule has 1 aliphatic carbocycles. The zero-order valence-electron chi connectivity index (χ0n) is 17.7. The first kappa shape index (κ1) is 21.8. The highest BCUT2D eigenvalue weighted by Gasteiger charge is 2.24. The summed E-state index contributed by atoms with van der Waals surface area (Å²) in [4.78, 5) is 35.7. The number of nitrogens with one attached hydrogen (secondary N) is 2. The Hall–Kier alpha value is -4.40. The van der Waals surface area contributed by atoms with E-state index in [2.05, 4.69) is 10.6 Å². The Morgan fingerprint density at radius 1 is 0.939 bits per heavy atom. The lowest BCUT2D eigenvalue weighted by Gasteiger charge is -2.12. The van der Waals surface area contributed by atoms with Gasteiger partial charge in [0.2, 0.25) is 0 Å². The lowest BCUT2D eigenvalue weighted by atomic mass is 10.1. The van der Waals surface area contributed by atoms with Crippen LogP contribution in [0.5, 0.6) is 17.2 Å². The molecule has 1 aliphatic rings. The van der Waals surface area contributed by atoms with Crippen LogP contribution in [0.2, 0.25) is 0 Å². The number of carbonyl (C=O) groups excluding carboxylic acids is 2. The predicted octanol–water partition coefficient (Wildman–Crippen LogP) is 4.54. The van der Waals surface area contributed by atoms with E-state index in [1.807, 2.05) is 0 Å². The SMILES string of the molecule is COc1ccc(Oc2ccc([N+](=O)[O-])cc2C(=O)Nc2ccc(C(=O)NC3CC3)cc2)cc1. The maximum atomic E-state index is 13.0. The summed E-state index contributed by atoms with van der Waals surface area (Å²) >= 11 is 0. The van der Waals surface area contributed by atoms with Gasteiger partial charge in [-0.2, -0.15) is 0 Å². The molecule has 0 atom stereocenters. The number of ether oxygens (including phenoxy) is 2. The van der Waals surface area contributed by atoms with Crippen LogP contribution in [0.3, 0.4) is 0 Å². The second-order valence-electron chi connectivity index (χ2n) is 7.49. The van der Waals surface area contributed by atoms with Gasteiger partial charge in [0.05, 0.1) is 17.6 Å². The number of hydrogen-bond acceptors (Lipinski definition) is 6. The molecule has 0 aliphatic heterocycles. The van der Waals surface area contributed by atoms with E-state index in [1.165, 1.54) is 12.1 Å². The first-order chi connectivity index (χ1) is 15.9. The van der Waals surface area contributed by atoms with Crippen LogP contribution in [-0.2, 0) is 0 Å². The highest BCUT2D eigenvalue weighted by Crippen LogP contribution is 2.30. The zero-order valence-corrected chi connectivity index (χ0v) is 17.7. The van der Waals surface area contributed by atoms with Crippen molar-refractivity contribution in [2.45, 2.75) is 18.9 Å². The normalized spacial score (nSPS) is 12.5. The molecule has 0 heterocycles. The molecule has 4 rings (SSSR count). The van der Waals surface area contributed by atoms with Gasteiger partial charge in [0.1, 0.15) is 17.2 Å². The molecule has 0 radical (unpaired) electrons. The molecule has 3 aromatic rings. The van der Waals surface area contributed by atoms with Crippen LogP contribution in [0, 0.1) is 10.1 Å². The van der Waals surface area contributed by atoms with E-state index in [1.54, 1.807) is 55.6 Å². The molecule has 0 bridgehead atoms. The molecule has 9 heteroatoms. The number of nitrogens with zero attached hydrogens (tertiary/aromatic N) is 1. The molecule has 0 spiro atoms. The summed E-state index contributed by atoms with van der Waals surface area (Å²) in [6.45, 7) is 0. The molecule has 168 valence electrons. The lowest BCUT2D eigenvalue weighted by molar-refractivity contribution is -0.384. The first-order valence-electron chi connectivity index (χ1n) is 10.3. The van der Waals surface area contributed by atoms with Crippen molar-refractivity contribution in [3.63, 3.8) is 0 Å². The third kappa shape index (κ3) is 5.45. The number of rotatable bonds is 8. The third-order valence-electron chi connectivity index (χ3n) is 5.02. The number of benzene rings is 3. The van der Waals surface area contributed by atoms with Crippen molar-refractivity contribution in [1.82, 2.24) is 5.32 Å². The smallest absolute Gasteiger partial charge is 0.270 e. The maximum absolute atomic E-state index is 13.0. The monoisotopic (exact) mass is 447 g/mol. The van der Waals surface area contributed by atoms with Gasteiger partial charge in [0, 0.05) is 29.4 Å². The van der Waals surface area contributed by atoms with Crippen molar-refractivity contribution in [2.75, 3.05) is 12.4 Å². The Labute approximate surface area is 189 Å². The van der Waals surface area contributed by atoms with Crippen molar-refractivity contribution >= 4 is 23.2 Å². The number of hydrogen-bond donors (Lipinski definition) is 2. The summed E-state index contributed by atoms with van der Waals surface area (Å²) < 4.78 is 10.9. The number of methoxy groups -OCH3 is 1. The highest BCUT2D eigenvalue weighted by atomic mass is 16.6. The summed E-state index contributed by atoms with van der Waals surface area (Å²) in [6, 6.07) is 17.2. The third-order valence-corrected chi connectivity index (χ3v) is 5.02. The Morgan fingerprint density at radius 3 is 2.21 bits per heavy atom. The van der Waals surface area contributed by atoms with E-state index in [0.29, 0.717) is 22.7 Å². The molecule has 0 unspecified atom stereocenters. The largest absolute Gasteiger partial charge is 0.497 e. The van der Waals surface area contributed by atoms with Crippen LogP contribution in [0.4, 0.5) is 11.4 Å². The summed E-state index contributed by atoms with van der Waals surface area (Å²) in [7, 11) is 1.54. The summed E-state index contributed by atoms with van der Waals surface area (Å²) in [5.41, 5.74) is 0.675. The van der Waals surface area contributed by atoms with Crippen LogP contribution in [0.25, 0.3) is 0 Å². The minimum Gasteiger partial charge on any atom is -0.497 e. The number of carbonyl (C=O) groups is 2. The van der Waals surface area contributed by atoms with E-state index in [0.717, 1.165) is 18.9 Å². The molecule has 2 N–H and O–H groups in total. The predicted molar refractivity (Wildman–Crippen MR) is 121 cm³/mol. The van der Waals surface area contributed by atoms with Gasteiger partial charge >= 0.3 is 0 Å². The minimum atomic E-state index is -0.586. The fourth-order valence-electron chi connectivity index (χ4n) is 3.07. The lowest BCUT2D eigenvalue weighted by Crippen LogP contribution is -2.25. The molecule has 0 saturated heterocycles. The average Bonchev–Trinajstić information content (AvgIpc) is 3.64. The van der Waals surface area contributed by atoms with E-state index < -0.39 is 10.8 Å². The Balaban J connectivity index is 1.53. The van der Waals surface area contributed by atoms with Gasteiger partial charge in [0.25, 0.3) is 17.5 Å². The van der Waals surface area contributed by atoms with Crippen LogP contribution in [0.1, 0.15) is 33.6 Å². The molecule has 1 saturated carbocycles. The van der Waals surface area contributed by atoms with E-state index in [4.69, 9.17) is 9.47 Å². The van der Waals surface area contributed by atoms with Gasteiger partial charge in [-0.25, -0.2) is 0 Å². The number of non-ortho nitro benzene ring substituents is 1. The van der Waals surface area contributed by atoms with Crippen molar-refractivity contribution in [1.29, 1.82) is 0 Å². The van der Waals surface area contributed by atoms with E-state index in [-0.39, 0.29) is 28.9 Å². The van der Waals surface area contributed by atoms with Gasteiger partial charge in [-0.3, -0.25) is 19.7 Å². The first-order valence-corrected chi connectivity index (χ1v) is 10.3. The fraction of sp³-hybridized carbons (Fsp3) is 0.167. The van der Waals surface area contributed by atoms with Gasteiger partial charge in [0.15, 0.2) is 0 Å². The maximum Gasteiger partial charge on any atom is 0.270 e. The quantitative estimate of drug-likeness (QED) is 0.386. The molecular weight excluding hydrogens is 426 g/mol. The average molecular weight is 447 g/mol. The zero-order chi connectivity index (χ0) is 23.4. The van der Waals surface area contributed by atoms with Crippen molar-refractivity contribution in [3.8, 4) is 17.2 Å². The van der Waals surface area contributed by atoms with Gasteiger partial charge in [-0.1, -0.05) is 0 Å². The van der Waals surface area contributed by atoms with Crippen molar-refractivity contribution < 1.29 is 24.0 Å². The highest BCUT2D eigenvalue weighted by molar-refractivity contribution is 6.07. The molecule has 2 amide bonds. The Morgan fingerprint density at radius 2 is 1.61 bits per heavy atom. The molecule has 9 nitrogen and oxygen atoms in total. The number of nitro benzene ring substituents is 1. The fourth-order valence-corrected chi connectivity index (χ4v) is 3.07. The molecule has 0 aromatic heterocycles. The topological polar surface area (TPSA) is 120 Å². The van der Waals surface area contributed by atoms with Crippen molar-refractivity contribution in [2.24, 2.45) is 0 Å². The second kappa shape index (κ2) is 9.39. The van der Waals surface area contributed by atoms with Gasteiger partial charge in [-0.15, -0.1) is 0 Å². The van der Waals surface area contributed by atoms with Crippen molar-refractivity contribution in [3.05, 3.63) is 88.0 Å². The van der Waals surface area contributed by atoms with Crippen LogP contribution >= 0.6 is 0 Å². The number of nitro groups is 1. The standard InChI is InChI=1S/C24H21N3O6/c1-32-19-9-11-20(12-10-19)33-22-13-8-18(27(30)31)14-21(22)24(29)26-16-4-2-15(3-5-16)23(28)25-17-6-7-17/h2-5,8-14,17H,6-7H2,1H3,(H,25,28)(H,26,29). The summed E-state index contributed by atoms with van der Waals surface area (Å²) in [5, 5.41) is 16.8. The molecule has 3 aromatic carbocycles. The molecule has 33 heavy (non-hydrogen) atoms. The Kier molecular flexibility index (Phi) is 6.21. The summed E-state index contributed by atoms with van der Waals surface area (Å²) in [6.07, 6.45) is 1.98. The van der Waals surface area contributed by atoms with Gasteiger partial charge in [-0.05, 0) is 67.4 Å². The second-order valence-corrected chi connectivity index (χ2v) is 7.49. The molecule has 1 fully saturated rings. The van der Waals surface area contributed by atoms with E-state index >= 15 is 0 Å². The summed E-state index contributed by atoms with van der Waals surface area (Å²) in [5.74, 6) is 0.480. The Bertz CT molecular complexity index is 1190. The van der Waals surface area contributed by atoms with E-state index in [9.17, 15) is 19.7 Å².